The van der Waals surface area contributed by atoms with E-state index in [0.717, 1.165) is 36.3 Å². The van der Waals surface area contributed by atoms with E-state index in [4.69, 9.17) is 0 Å². The molecular formula is C23H27BrN6O5. The molecule has 35 heavy (non-hydrogen) atoms. The van der Waals surface area contributed by atoms with Gasteiger partial charge in [0.25, 0.3) is 5.69 Å². The molecular weight excluding hydrogens is 520 g/mol. The van der Waals surface area contributed by atoms with Crippen LogP contribution in [0.5, 0.6) is 0 Å². The van der Waals surface area contributed by atoms with Crippen LogP contribution in [0.25, 0.3) is 0 Å². The van der Waals surface area contributed by atoms with E-state index in [2.05, 4.69) is 64.1 Å². The Labute approximate surface area is 211 Å². The predicted molar refractivity (Wildman–Crippen MR) is 137 cm³/mol. The molecule has 1 atom stereocenters. The molecule has 186 valence electrons. The van der Waals surface area contributed by atoms with Crippen LogP contribution in [0.4, 0.5) is 34.1 Å². The number of hydrogen-bond acceptors (Lipinski definition) is 8. The van der Waals surface area contributed by atoms with Crippen LogP contribution in [0.3, 0.4) is 0 Å². The highest BCUT2D eigenvalue weighted by Gasteiger charge is 2.36. The lowest BCUT2D eigenvalue weighted by Crippen LogP contribution is -2.48. The number of carbonyl (C=O) groups excluding carboxylic acids is 1. The second-order valence-corrected chi connectivity index (χ2v) is 9.86. The summed E-state index contributed by atoms with van der Waals surface area (Å²) in [6.45, 7) is 11.1. The van der Waals surface area contributed by atoms with Gasteiger partial charge in [0.1, 0.15) is 5.69 Å². The summed E-state index contributed by atoms with van der Waals surface area (Å²) >= 11 is 3.14. The van der Waals surface area contributed by atoms with E-state index in [0.29, 0.717) is 11.4 Å². The number of nitrogens with zero attached hydrogens (tertiary/aromatic N) is 5. The average molecular weight is 547 g/mol. The number of rotatable bonds is 7. The minimum atomic E-state index is -0.748. The monoisotopic (exact) mass is 546 g/mol. The summed E-state index contributed by atoms with van der Waals surface area (Å²) in [5.74, 6) is -0.0109. The quantitative estimate of drug-likeness (QED) is 0.222. The number of amides is 1. The van der Waals surface area contributed by atoms with Crippen LogP contribution in [0.15, 0.2) is 39.0 Å². The third-order valence-corrected chi connectivity index (χ3v) is 6.71. The molecule has 1 unspecified atom stereocenters. The Bertz CT molecular complexity index is 1230. The van der Waals surface area contributed by atoms with Crippen LogP contribution >= 0.6 is 15.9 Å². The number of nitrogens with one attached hydrogen (secondary N) is 1. The first-order chi connectivity index (χ1) is 16.4. The third-order valence-electron chi connectivity index (χ3n) is 6.11. The van der Waals surface area contributed by atoms with Crippen LogP contribution < -0.4 is 10.2 Å². The number of nitro benzene ring substituents is 2. The molecule has 0 aromatic heterocycles. The molecule has 1 heterocycles. The molecule has 1 amide bonds. The van der Waals surface area contributed by atoms with E-state index in [1.165, 1.54) is 0 Å². The summed E-state index contributed by atoms with van der Waals surface area (Å²) in [6, 6.07) is 5.70. The fourth-order valence-electron chi connectivity index (χ4n) is 4.55. The minimum absolute atomic E-state index is 0.0616. The second kappa shape index (κ2) is 10.1. The Hall–Kier alpha value is -3.41. The number of nitro groups is 2. The molecule has 0 spiro atoms. The largest absolute Gasteiger partial charge is 0.366 e. The molecule has 12 heteroatoms. The zero-order valence-electron chi connectivity index (χ0n) is 20.2. The molecule has 1 N–H and O–H groups in total. The van der Waals surface area contributed by atoms with Gasteiger partial charge in [-0.15, -0.1) is 10.2 Å². The van der Waals surface area contributed by atoms with Crippen molar-refractivity contribution in [1.82, 2.24) is 0 Å². The van der Waals surface area contributed by atoms with E-state index >= 15 is 0 Å². The maximum Gasteiger partial charge on any atom is 0.304 e. The predicted octanol–water partition coefficient (Wildman–Crippen LogP) is 7.14. The van der Waals surface area contributed by atoms with Crippen LogP contribution in [-0.2, 0) is 4.79 Å². The highest BCUT2D eigenvalue weighted by molar-refractivity contribution is 9.10. The molecule has 3 rings (SSSR count). The van der Waals surface area contributed by atoms with Gasteiger partial charge in [0.05, 0.1) is 26.1 Å². The molecule has 0 fully saturated rings. The van der Waals surface area contributed by atoms with Gasteiger partial charge in [0.15, 0.2) is 5.69 Å². The van der Waals surface area contributed by atoms with Crippen LogP contribution in [0.1, 0.15) is 58.9 Å². The fraction of sp³-hybridized carbons (Fsp3) is 0.435. The maximum absolute atomic E-state index is 12.3. The fourth-order valence-corrected chi connectivity index (χ4v) is 5.07. The standard InChI is InChI=1S/C23H27BrN6O5/c1-6-21(31)25-17-11-19-15(13(3)12-23(4,5)28(19)7-2)10-18(17)26-27-22-16(24)8-14(29(32)33)9-20(22)30(34)35/h8-11,13H,6-7,12H2,1-5H3,(H,25,31). The van der Waals surface area contributed by atoms with Gasteiger partial charge in [-0.1, -0.05) is 13.8 Å². The molecule has 11 nitrogen and oxygen atoms in total. The van der Waals surface area contributed by atoms with Crippen molar-refractivity contribution in [2.75, 3.05) is 16.8 Å². The molecule has 2 aromatic carbocycles. The van der Waals surface area contributed by atoms with Crippen molar-refractivity contribution >= 4 is 56.0 Å². The van der Waals surface area contributed by atoms with Gasteiger partial charge in [0, 0.05) is 30.3 Å². The zero-order valence-corrected chi connectivity index (χ0v) is 21.7. The lowest BCUT2D eigenvalue weighted by molar-refractivity contribution is -0.393. The van der Waals surface area contributed by atoms with Crippen molar-refractivity contribution in [2.24, 2.45) is 10.2 Å². The smallest absolute Gasteiger partial charge is 0.304 e. The van der Waals surface area contributed by atoms with Crippen molar-refractivity contribution in [3.8, 4) is 0 Å². The summed E-state index contributed by atoms with van der Waals surface area (Å²) in [5.41, 5.74) is 1.56. The van der Waals surface area contributed by atoms with Crippen LogP contribution in [0, 0.1) is 20.2 Å². The zero-order chi connectivity index (χ0) is 26.1. The highest BCUT2D eigenvalue weighted by Crippen LogP contribution is 2.47. The summed E-state index contributed by atoms with van der Waals surface area (Å²) in [4.78, 5) is 35.8. The van der Waals surface area contributed by atoms with E-state index in [-0.39, 0.29) is 33.9 Å². The Morgan fingerprint density at radius 1 is 1.17 bits per heavy atom. The van der Waals surface area contributed by atoms with Gasteiger partial charge >= 0.3 is 5.69 Å². The number of benzene rings is 2. The maximum atomic E-state index is 12.3. The lowest BCUT2D eigenvalue weighted by atomic mass is 9.79. The van der Waals surface area contributed by atoms with Gasteiger partial charge in [-0.05, 0) is 66.7 Å². The summed E-state index contributed by atoms with van der Waals surface area (Å²) in [6.07, 6.45) is 1.16. The number of hydrogen-bond donors (Lipinski definition) is 1. The Kier molecular flexibility index (Phi) is 7.53. The Morgan fingerprint density at radius 2 is 1.86 bits per heavy atom. The third kappa shape index (κ3) is 5.31. The van der Waals surface area contributed by atoms with Crippen LogP contribution in [0.2, 0.25) is 0 Å². The van der Waals surface area contributed by atoms with Crippen molar-refractivity contribution in [1.29, 1.82) is 0 Å². The molecule has 0 saturated heterocycles. The van der Waals surface area contributed by atoms with Crippen molar-refractivity contribution in [3.63, 3.8) is 0 Å². The normalized spacial score (nSPS) is 16.7. The van der Waals surface area contributed by atoms with Gasteiger partial charge in [-0.2, -0.15) is 0 Å². The Balaban J connectivity index is 2.18. The van der Waals surface area contributed by atoms with E-state index in [1.807, 2.05) is 12.1 Å². The molecule has 0 bridgehead atoms. The van der Waals surface area contributed by atoms with Gasteiger partial charge in [-0.25, -0.2) is 0 Å². The number of non-ortho nitro benzene ring substituents is 1. The highest BCUT2D eigenvalue weighted by atomic mass is 79.9. The SMILES string of the molecule is CCC(=O)Nc1cc2c(cc1N=Nc1c(Br)cc([N+](=O)[O-])cc1[N+](=O)[O-])C(C)CC(C)(C)N2CC. The van der Waals surface area contributed by atoms with Gasteiger partial charge in [0.2, 0.25) is 5.91 Å². The first-order valence-corrected chi connectivity index (χ1v) is 12.0. The number of azo groups is 1. The first kappa shape index (κ1) is 26.2. The molecule has 1 aliphatic heterocycles. The molecule has 1 aliphatic rings. The Morgan fingerprint density at radius 3 is 2.43 bits per heavy atom. The van der Waals surface area contributed by atoms with E-state index < -0.39 is 21.2 Å². The molecule has 0 aliphatic carbocycles. The molecule has 0 saturated carbocycles. The number of fused-ring (bicyclic) bond motifs is 1. The van der Waals surface area contributed by atoms with E-state index in [1.54, 1.807) is 6.92 Å². The summed E-state index contributed by atoms with van der Waals surface area (Å²) in [7, 11) is 0. The van der Waals surface area contributed by atoms with Crippen molar-refractivity contribution < 1.29 is 14.6 Å². The van der Waals surface area contributed by atoms with Crippen molar-refractivity contribution in [2.45, 2.75) is 58.9 Å². The summed E-state index contributed by atoms with van der Waals surface area (Å²) in [5, 5.41) is 33.9. The number of halogens is 1. The molecule has 2 aromatic rings. The minimum Gasteiger partial charge on any atom is -0.366 e. The number of anilines is 2. The van der Waals surface area contributed by atoms with Gasteiger partial charge < -0.3 is 10.2 Å². The van der Waals surface area contributed by atoms with Gasteiger partial charge in [-0.3, -0.25) is 25.0 Å². The van der Waals surface area contributed by atoms with E-state index in [9.17, 15) is 25.0 Å². The lowest BCUT2D eigenvalue weighted by Gasteiger charge is -2.47. The first-order valence-electron chi connectivity index (χ1n) is 11.2. The summed E-state index contributed by atoms with van der Waals surface area (Å²) < 4.78 is 0.0616. The van der Waals surface area contributed by atoms with Crippen LogP contribution in [-0.4, -0.2) is 27.8 Å². The topological polar surface area (TPSA) is 143 Å². The van der Waals surface area contributed by atoms with Crippen molar-refractivity contribution in [3.05, 3.63) is 54.5 Å². The molecule has 0 radical (unpaired) electrons. The average Bonchev–Trinajstić information content (AvgIpc) is 2.77. The number of carbonyl (C=O) groups is 1. The second-order valence-electron chi connectivity index (χ2n) is 9.00.